The second-order valence-corrected chi connectivity index (χ2v) is 12.7. The maximum atomic E-state index is 12.3. The van der Waals surface area contributed by atoms with Crippen molar-refractivity contribution < 1.29 is 38.5 Å². The van der Waals surface area contributed by atoms with Gasteiger partial charge in [-0.05, 0) is 58.0 Å². The van der Waals surface area contributed by atoms with Crippen molar-refractivity contribution in [2.45, 2.75) is 129 Å². The molecule has 1 atom stereocenters. The van der Waals surface area contributed by atoms with Crippen molar-refractivity contribution in [2.24, 2.45) is 0 Å². The molecule has 0 saturated heterocycles. The summed E-state index contributed by atoms with van der Waals surface area (Å²) in [7, 11) is 0. The second-order valence-electron chi connectivity index (χ2n) is 11.5. The van der Waals surface area contributed by atoms with E-state index in [-0.39, 0.29) is 38.6 Å². The number of nitrogens with one attached hydrogen (secondary N) is 2. The lowest BCUT2D eigenvalue weighted by molar-refractivity contribution is -0.159. The van der Waals surface area contributed by atoms with Crippen LogP contribution in [0.3, 0.4) is 0 Å². The molecule has 3 N–H and O–H groups in total. The van der Waals surface area contributed by atoms with E-state index >= 15 is 0 Å². The summed E-state index contributed by atoms with van der Waals surface area (Å²) in [6.45, 7) is 8.18. The molecule has 0 aliphatic rings. The van der Waals surface area contributed by atoms with Crippen molar-refractivity contribution >= 4 is 35.5 Å². The SMILES string of the molecule is CCCCCCCCSCCCCCCCC(=O)NCCOCCOCC(=O)NC(CCC(=O)O)C(=O)OC(C)(C)C. The van der Waals surface area contributed by atoms with Crippen LogP contribution in [0, 0.1) is 0 Å². The fourth-order valence-corrected chi connectivity index (χ4v) is 4.99. The monoisotopic (exact) mass is 618 g/mol. The average molecular weight is 619 g/mol. The van der Waals surface area contributed by atoms with Crippen molar-refractivity contribution in [1.82, 2.24) is 10.6 Å². The average Bonchev–Trinajstić information content (AvgIpc) is 2.91. The summed E-state index contributed by atoms with van der Waals surface area (Å²) in [5.74, 6) is 0.253. The van der Waals surface area contributed by atoms with Gasteiger partial charge in [-0.15, -0.1) is 0 Å². The van der Waals surface area contributed by atoms with Gasteiger partial charge in [0.05, 0.1) is 19.8 Å². The summed E-state index contributed by atoms with van der Waals surface area (Å²) >= 11 is 2.08. The number of carbonyl (C=O) groups is 4. The first kappa shape index (κ1) is 40.1. The molecular formula is C31H58N2O8S. The Balaban J connectivity index is 3.67. The van der Waals surface area contributed by atoms with Gasteiger partial charge in [0.15, 0.2) is 0 Å². The molecule has 0 fully saturated rings. The van der Waals surface area contributed by atoms with E-state index in [9.17, 15) is 19.2 Å². The molecule has 2 amide bonds. The van der Waals surface area contributed by atoms with Crippen LogP contribution < -0.4 is 10.6 Å². The van der Waals surface area contributed by atoms with Crippen molar-refractivity contribution in [3.05, 3.63) is 0 Å². The van der Waals surface area contributed by atoms with Crippen LogP contribution in [-0.2, 0) is 33.4 Å². The zero-order chi connectivity index (χ0) is 31.5. The highest BCUT2D eigenvalue weighted by molar-refractivity contribution is 7.99. The summed E-state index contributed by atoms with van der Waals surface area (Å²) < 4.78 is 15.9. The molecule has 11 heteroatoms. The lowest BCUT2D eigenvalue weighted by Gasteiger charge is -2.24. The zero-order valence-electron chi connectivity index (χ0n) is 26.6. The Morgan fingerprint density at radius 1 is 0.762 bits per heavy atom. The Bertz CT molecular complexity index is 730. The third-order valence-electron chi connectivity index (χ3n) is 6.18. The second kappa shape index (κ2) is 26.8. The minimum Gasteiger partial charge on any atom is -0.481 e. The summed E-state index contributed by atoms with van der Waals surface area (Å²) in [4.78, 5) is 47.3. The van der Waals surface area contributed by atoms with Gasteiger partial charge in [-0.25, -0.2) is 4.79 Å². The largest absolute Gasteiger partial charge is 0.481 e. The molecule has 0 aliphatic carbocycles. The smallest absolute Gasteiger partial charge is 0.329 e. The van der Waals surface area contributed by atoms with Gasteiger partial charge >= 0.3 is 11.9 Å². The first-order chi connectivity index (χ1) is 20.0. The molecular weight excluding hydrogens is 560 g/mol. The van der Waals surface area contributed by atoms with Crippen LogP contribution in [0.5, 0.6) is 0 Å². The first-order valence-electron chi connectivity index (χ1n) is 15.8. The van der Waals surface area contributed by atoms with Crippen LogP contribution in [0.2, 0.25) is 0 Å². The van der Waals surface area contributed by atoms with E-state index in [1.165, 1.54) is 69.3 Å². The normalized spacial score (nSPS) is 12.1. The highest BCUT2D eigenvalue weighted by atomic mass is 32.2. The predicted octanol–water partition coefficient (Wildman–Crippen LogP) is 5.26. The van der Waals surface area contributed by atoms with Crippen LogP contribution in [0.15, 0.2) is 0 Å². The van der Waals surface area contributed by atoms with Gasteiger partial charge in [-0.1, -0.05) is 58.3 Å². The number of aliphatic carboxylic acids is 1. The molecule has 0 aromatic carbocycles. The number of amides is 2. The van der Waals surface area contributed by atoms with Crippen molar-refractivity contribution in [3.63, 3.8) is 0 Å². The fourth-order valence-electron chi connectivity index (χ4n) is 3.97. The lowest BCUT2D eigenvalue weighted by atomic mass is 10.1. The van der Waals surface area contributed by atoms with Gasteiger partial charge < -0.3 is 30.0 Å². The van der Waals surface area contributed by atoms with E-state index in [0.717, 1.165) is 12.8 Å². The van der Waals surface area contributed by atoms with E-state index < -0.39 is 29.5 Å². The molecule has 42 heavy (non-hydrogen) atoms. The molecule has 0 radical (unpaired) electrons. The molecule has 0 rings (SSSR count). The summed E-state index contributed by atoms with van der Waals surface area (Å²) in [5, 5.41) is 14.2. The molecule has 0 aromatic heterocycles. The number of hydrogen-bond donors (Lipinski definition) is 3. The van der Waals surface area contributed by atoms with Gasteiger partial charge in [0, 0.05) is 19.4 Å². The van der Waals surface area contributed by atoms with Gasteiger partial charge in [-0.3, -0.25) is 14.4 Å². The van der Waals surface area contributed by atoms with Crippen LogP contribution >= 0.6 is 11.8 Å². The molecule has 0 aromatic rings. The number of carbonyl (C=O) groups excluding carboxylic acids is 3. The summed E-state index contributed by atoms with van der Waals surface area (Å²) in [5.41, 5.74) is -0.762. The summed E-state index contributed by atoms with van der Waals surface area (Å²) in [6.07, 6.45) is 14.0. The highest BCUT2D eigenvalue weighted by Crippen LogP contribution is 2.13. The standard InChI is InChI=1S/C31H58N2O8S/c1-5-6-7-8-11-14-23-42-24-15-12-9-10-13-16-27(34)32-19-20-39-21-22-40-25-28(35)33-26(17-18-29(36)37)30(38)41-31(2,3)4/h26H,5-25H2,1-4H3,(H,32,34)(H,33,35)(H,36,37). The number of ether oxygens (including phenoxy) is 3. The molecule has 0 bridgehead atoms. The summed E-state index contributed by atoms with van der Waals surface area (Å²) in [6, 6.07) is -1.07. The van der Waals surface area contributed by atoms with Gasteiger partial charge in [-0.2, -0.15) is 11.8 Å². The maximum absolute atomic E-state index is 12.3. The van der Waals surface area contributed by atoms with Crippen LogP contribution in [0.4, 0.5) is 0 Å². The molecule has 0 spiro atoms. The number of esters is 1. The Morgan fingerprint density at radius 3 is 1.98 bits per heavy atom. The number of carboxylic acids is 1. The Kier molecular flexibility index (Phi) is 25.6. The van der Waals surface area contributed by atoms with Gasteiger partial charge in [0.25, 0.3) is 0 Å². The van der Waals surface area contributed by atoms with Crippen LogP contribution in [-0.4, -0.2) is 85.0 Å². The quantitative estimate of drug-likeness (QED) is 0.0791. The predicted molar refractivity (Wildman–Crippen MR) is 168 cm³/mol. The van der Waals surface area contributed by atoms with Crippen molar-refractivity contribution in [2.75, 3.05) is 44.5 Å². The Labute approximate surface area is 258 Å². The molecule has 246 valence electrons. The lowest BCUT2D eigenvalue weighted by Crippen LogP contribution is -2.45. The third kappa shape index (κ3) is 28.3. The zero-order valence-corrected chi connectivity index (χ0v) is 27.5. The van der Waals surface area contributed by atoms with E-state index in [0.29, 0.717) is 19.6 Å². The number of hydrogen-bond acceptors (Lipinski definition) is 8. The molecule has 10 nitrogen and oxygen atoms in total. The van der Waals surface area contributed by atoms with Crippen LogP contribution in [0.25, 0.3) is 0 Å². The van der Waals surface area contributed by atoms with Crippen molar-refractivity contribution in [1.29, 1.82) is 0 Å². The van der Waals surface area contributed by atoms with E-state index in [4.69, 9.17) is 19.3 Å². The third-order valence-corrected chi connectivity index (χ3v) is 7.34. The Morgan fingerprint density at radius 2 is 1.36 bits per heavy atom. The van der Waals surface area contributed by atoms with Crippen LogP contribution in [0.1, 0.15) is 118 Å². The number of carboxylic acid groups (broad SMARTS) is 1. The number of rotatable bonds is 28. The van der Waals surface area contributed by atoms with Gasteiger partial charge in [0.1, 0.15) is 18.2 Å². The van der Waals surface area contributed by atoms with Gasteiger partial charge in [0.2, 0.25) is 11.8 Å². The van der Waals surface area contributed by atoms with E-state index in [1.807, 2.05) is 0 Å². The molecule has 1 unspecified atom stereocenters. The maximum Gasteiger partial charge on any atom is 0.329 e. The molecule has 0 heterocycles. The first-order valence-corrected chi connectivity index (χ1v) is 16.9. The number of thioether (sulfide) groups is 1. The molecule has 0 aliphatic heterocycles. The highest BCUT2D eigenvalue weighted by Gasteiger charge is 2.27. The Hall–Kier alpha value is -1.85. The van der Waals surface area contributed by atoms with Crippen molar-refractivity contribution in [3.8, 4) is 0 Å². The minimum atomic E-state index is -1.07. The van der Waals surface area contributed by atoms with E-state index in [2.05, 4.69) is 29.3 Å². The van der Waals surface area contributed by atoms with E-state index in [1.54, 1.807) is 20.8 Å². The topological polar surface area (TPSA) is 140 Å². The fraction of sp³-hybridized carbons (Fsp3) is 0.871. The molecule has 0 saturated carbocycles. The minimum absolute atomic E-state index is 0.0310. The number of unbranched alkanes of at least 4 members (excludes halogenated alkanes) is 9.